The summed E-state index contributed by atoms with van der Waals surface area (Å²) < 4.78 is 0. The lowest BCUT2D eigenvalue weighted by Gasteiger charge is -2.15. The number of hydrogen-bond donors (Lipinski definition) is 0. The van der Waals surface area contributed by atoms with E-state index >= 15 is 0 Å². The van der Waals surface area contributed by atoms with E-state index in [9.17, 15) is 0 Å². The first kappa shape index (κ1) is 9.34. The van der Waals surface area contributed by atoms with Crippen LogP contribution in [0.3, 0.4) is 0 Å². The summed E-state index contributed by atoms with van der Waals surface area (Å²) in [5.41, 5.74) is 3.88. The maximum atomic E-state index is 4.62. The Balaban J connectivity index is 2.06. The third kappa shape index (κ3) is 1.65. The Morgan fingerprint density at radius 1 is 1.12 bits per heavy atom. The summed E-state index contributed by atoms with van der Waals surface area (Å²) in [6, 6.07) is 8.65. The summed E-state index contributed by atoms with van der Waals surface area (Å²) in [6.45, 7) is 0. The van der Waals surface area contributed by atoms with Gasteiger partial charge in [0.05, 0.1) is 6.04 Å². The van der Waals surface area contributed by atoms with E-state index in [1.807, 2.05) is 6.21 Å². The van der Waals surface area contributed by atoms with E-state index in [-0.39, 0.29) is 6.04 Å². The Kier molecular flexibility index (Phi) is 2.30. The number of rotatable bonds is 0. The lowest BCUT2D eigenvalue weighted by Crippen LogP contribution is -2.09. The minimum atomic E-state index is 0.207. The van der Waals surface area contributed by atoms with Crippen LogP contribution in [0.25, 0.3) is 0 Å². The van der Waals surface area contributed by atoms with Crippen LogP contribution in [0, 0.1) is 0 Å². The summed E-state index contributed by atoms with van der Waals surface area (Å²) in [5.74, 6) is 0. The third-order valence-corrected chi connectivity index (χ3v) is 3.02. The molecule has 16 heavy (non-hydrogen) atoms. The molecular formula is C15H13N. The van der Waals surface area contributed by atoms with Crippen LogP contribution in [0.15, 0.2) is 65.2 Å². The molecule has 1 aliphatic heterocycles. The molecule has 1 nitrogen and oxygen atoms in total. The van der Waals surface area contributed by atoms with Gasteiger partial charge in [-0.05, 0) is 23.1 Å². The van der Waals surface area contributed by atoms with Crippen LogP contribution in [0.5, 0.6) is 0 Å². The smallest absolute Gasteiger partial charge is 0.0930 e. The van der Waals surface area contributed by atoms with E-state index < -0.39 is 0 Å². The molecule has 1 aliphatic carbocycles. The molecule has 0 spiro atoms. The minimum Gasteiger partial charge on any atom is -0.280 e. The zero-order valence-electron chi connectivity index (χ0n) is 9.01. The molecule has 1 unspecified atom stereocenters. The molecule has 3 rings (SSSR count). The second-order valence-corrected chi connectivity index (χ2v) is 4.07. The van der Waals surface area contributed by atoms with Gasteiger partial charge < -0.3 is 0 Å². The quantitative estimate of drug-likeness (QED) is 0.620. The zero-order valence-corrected chi connectivity index (χ0v) is 9.01. The number of aliphatic imine (C=N–C) groups is 1. The van der Waals surface area contributed by atoms with Crippen LogP contribution in [-0.4, -0.2) is 12.3 Å². The third-order valence-electron chi connectivity index (χ3n) is 3.02. The van der Waals surface area contributed by atoms with Crippen LogP contribution in [0.2, 0.25) is 0 Å². The van der Waals surface area contributed by atoms with Gasteiger partial charge in [0.2, 0.25) is 0 Å². The van der Waals surface area contributed by atoms with Gasteiger partial charge in [0.15, 0.2) is 0 Å². The lowest BCUT2D eigenvalue weighted by atomic mass is 9.96. The average Bonchev–Trinajstić information content (AvgIpc) is 2.32. The van der Waals surface area contributed by atoms with Crippen molar-refractivity contribution >= 4 is 6.21 Å². The fourth-order valence-electron chi connectivity index (χ4n) is 2.10. The Hall–Kier alpha value is -1.89. The van der Waals surface area contributed by atoms with Crippen molar-refractivity contribution in [3.05, 3.63) is 71.3 Å². The van der Waals surface area contributed by atoms with Crippen molar-refractivity contribution in [1.29, 1.82) is 0 Å². The maximum Gasteiger partial charge on any atom is 0.0930 e. The Labute approximate surface area is 95.5 Å². The second kappa shape index (κ2) is 3.93. The predicted molar refractivity (Wildman–Crippen MR) is 67.9 cm³/mol. The molecule has 1 heteroatoms. The largest absolute Gasteiger partial charge is 0.280 e. The molecule has 2 aliphatic rings. The van der Waals surface area contributed by atoms with E-state index in [2.05, 4.69) is 59.6 Å². The Bertz CT molecular complexity index is 518. The number of nitrogens with zero attached hydrogens (tertiary/aromatic N) is 1. The highest BCUT2D eigenvalue weighted by molar-refractivity contribution is 5.82. The van der Waals surface area contributed by atoms with Crippen molar-refractivity contribution < 1.29 is 0 Å². The van der Waals surface area contributed by atoms with E-state index in [4.69, 9.17) is 0 Å². The molecule has 1 heterocycles. The van der Waals surface area contributed by atoms with Crippen LogP contribution in [0.4, 0.5) is 0 Å². The highest BCUT2D eigenvalue weighted by Gasteiger charge is 2.11. The molecule has 0 radical (unpaired) electrons. The summed E-state index contributed by atoms with van der Waals surface area (Å²) >= 11 is 0. The van der Waals surface area contributed by atoms with E-state index in [1.54, 1.807) is 0 Å². The average molecular weight is 207 g/mol. The van der Waals surface area contributed by atoms with Crippen molar-refractivity contribution in [3.63, 3.8) is 0 Å². The molecule has 0 N–H and O–H groups in total. The van der Waals surface area contributed by atoms with Gasteiger partial charge >= 0.3 is 0 Å². The highest BCUT2D eigenvalue weighted by Crippen LogP contribution is 2.20. The number of benzene rings is 1. The monoisotopic (exact) mass is 207 g/mol. The first-order chi connectivity index (χ1) is 7.93. The van der Waals surface area contributed by atoms with Crippen LogP contribution in [-0.2, 0) is 6.42 Å². The second-order valence-electron chi connectivity index (χ2n) is 4.07. The molecule has 0 bridgehead atoms. The van der Waals surface area contributed by atoms with Crippen LogP contribution in [0.1, 0.15) is 11.1 Å². The number of fused-ring (bicyclic) bond motifs is 2. The summed E-state index contributed by atoms with van der Waals surface area (Å²) in [7, 11) is 0. The van der Waals surface area contributed by atoms with Crippen molar-refractivity contribution in [2.24, 2.45) is 4.99 Å². The van der Waals surface area contributed by atoms with Crippen molar-refractivity contribution in [1.82, 2.24) is 0 Å². The topological polar surface area (TPSA) is 12.4 Å². The van der Waals surface area contributed by atoms with Gasteiger partial charge in [-0.15, -0.1) is 0 Å². The lowest BCUT2D eigenvalue weighted by molar-refractivity contribution is 0.959. The molecule has 0 saturated heterocycles. The van der Waals surface area contributed by atoms with Gasteiger partial charge in [-0.2, -0.15) is 0 Å². The number of hydrogen-bond acceptors (Lipinski definition) is 1. The molecule has 0 fully saturated rings. The molecule has 78 valence electrons. The maximum absolute atomic E-state index is 4.62. The van der Waals surface area contributed by atoms with E-state index in [0.717, 1.165) is 6.42 Å². The van der Waals surface area contributed by atoms with Gasteiger partial charge in [0.1, 0.15) is 0 Å². The summed E-state index contributed by atoms with van der Waals surface area (Å²) in [6.07, 6.45) is 13.7. The van der Waals surface area contributed by atoms with Gasteiger partial charge in [-0.25, -0.2) is 0 Å². The van der Waals surface area contributed by atoms with Crippen molar-refractivity contribution in [2.45, 2.75) is 12.5 Å². The van der Waals surface area contributed by atoms with Crippen molar-refractivity contribution in [2.75, 3.05) is 0 Å². The molecule has 1 aromatic rings. The molecule has 1 atom stereocenters. The minimum absolute atomic E-state index is 0.207. The molecule has 0 amide bonds. The fraction of sp³-hybridized carbons (Fsp3) is 0.133. The molecule has 0 aromatic heterocycles. The van der Waals surface area contributed by atoms with Gasteiger partial charge in [-0.1, -0.05) is 54.6 Å². The van der Waals surface area contributed by atoms with Gasteiger partial charge in [0, 0.05) is 6.21 Å². The number of allylic oxidation sites excluding steroid dienone is 3. The Morgan fingerprint density at radius 3 is 3.06 bits per heavy atom. The SMILES string of the molecule is C1=CC2=CCc3ccccc3C=NC2C=C1. The van der Waals surface area contributed by atoms with Crippen LogP contribution < -0.4 is 0 Å². The first-order valence-corrected chi connectivity index (χ1v) is 5.59. The molecule has 0 saturated carbocycles. The summed E-state index contributed by atoms with van der Waals surface area (Å²) in [4.78, 5) is 4.62. The first-order valence-electron chi connectivity index (χ1n) is 5.59. The van der Waals surface area contributed by atoms with Gasteiger partial charge in [0.25, 0.3) is 0 Å². The normalized spacial score (nSPS) is 21.8. The van der Waals surface area contributed by atoms with Crippen LogP contribution >= 0.6 is 0 Å². The molecule has 1 aromatic carbocycles. The fourth-order valence-corrected chi connectivity index (χ4v) is 2.10. The summed E-state index contributed by atoms with van der Waals surface area (Å²) in [5, 5.41) is 0. The van der Waals surface area contributed by atoms with E-state index in [0.29, 0.717) is 0 Å². The zero-order chi connectivity index (χ0) is 10.8. The predicted octanol–water partition coefficient (Wildman–Crippen LogP) is 3.08. The molecular weight excluding hydrogens is 194 g/mol. The van der Waals surface area contributed by atoms with Gasteiger partial charge in [-0.3, -0.25) is 4.99 Å². The Morgan fingerprint density at radius 2 is 2.06 bits per heavy atom. The van der Waals surface area contributed by atoms with Crippen molar-refractivity contribution in [3.8, 4) is 0 Å². The van der Waals surface area contributed by atoms with E-state index in [1.165, 1.54) is 16.7 Å². The highest BCUT2D eigenvalue weighted by atomic mass is 14.8. The standard InChI is InChI=1S/C15H13N/c1-2-7-14-11-16-15-8-4-3-6-13(15)10-9-12(14)5-1/h1-8,10-11,15H,9H2.